The zero-order chi connectivity index (χ0) is 13.7. The van der Waals surface area contributed by atoms with Gasteiger partial charge in [0.05, 0.1) is 11.9 Å². The second kappa shape index (κ2) is 6.19. The van der Waals surface area contributed by atoms with Crippen LogP contribution in [-0.2, 0) is 0 Å². The Labute approximate surface area is 118 Å². The minimum atomic E-state index is -0.387. The van der Waals surface area contributed by atoms with Crippen LogP contribution in [0, 0.1) is 0 Å². The van der Waals surface area contributed by atoms with Crippen molar-refractivity contribution in [2.75, 3.05) is 0 Å². The van der Waals surface area contributed by atoms with E-state index in [1.165, 1.54) is 18.6 Å². The molecule has 0 saturated heterocycles. The van der Waals surface area contributed by atoms with Gasteiger partial charge in [0.15, 0.2) is 0 Å². The van der Waals surface area contributed by atoms with Crippen molar-refractivity contribution in [1.29, 1.82) is 0 Å². The molecule has 0 saturated carbocycles. The Balaban J connectivity index is 2.09. The van der Waals surface area contributed by atoms with Gasteiger partial charge in [0.1, 0.15) is 5.69 Å². The van der Waals surface area contributed by atoms with Crippen molar-refractivity contribution in [2.45, 2.75) is 6.92 Å². The Hall–Kier alpha value is -2.08. The summed E-state index contributed by atoms with van der Waals surface area (Å²) in [6, 6.07) is 7.67. The summed E-state index contributed by atoms with van der Waals surface area (Å²) >= 11 is 3.39. The highest BCUT2D eigenvalue weighted by atomic mass is 79.9. The molecule has 1 N–H and O–H groups in total. The summed E-state index contributed by atoms with van der Waals surface area (Å²) in [7, 11) is 0. The van der Waals surface area contributed by atoms with Gasteiger partial charge in [-0.3, -0.25) is 9.78 Å². The lowest BCUT2D eigenvalue weighted by molar-refractivity contribution is 0.0949. The average Bonchev–Trinajstić information content (AvgIpc) is 2.45. The highest BCUT2D eigenvalue weighted by Gasteiger charge is 2.05. The molecule has 0 atom stereocenters. The van der Waals surface area contributed by atoms with Crippen LogP contribution >= 0.6 is 15.9 Å². The molecule has 0 radical (unpaired) electrons. The third kappa shape index (κ3) is 3.69. The van der Waals surface area contributed by atoms with E-state index in [1.807, 2.05) is 31.2 Å². The number of hydrogen-bond donors (Lipinski definition) is 1. The molecule has 1 heterocycles. The number of aromatic nitrogens is 2. The van der Waals surface area contributed by atoms with Crippen molar-refractivity contribution in [3.8, 4) is 0 Å². The molecule has 0 fully saturated rings. The standard InChI is InChI=1S/C13H11BrN4O/c1-9(10-3-2-4-11(14)7-10)17-18-13(19)12-8-15-5-6-16-12/h2-8H,1H3,(H,18,19). The third-order valence-corrected chi connectivity index (χ3v) is 2.86. The van der Waals surface area contributed by atoms with Gasteiger partial charge in [0, 0.05) is 16.9 Å². The topological polar surface area (TPSA) is 67.2 Å². The maximum absolute atomic E-state index is 11.7. The third-order valence-electron chi connectivity index (χ3n) is 2.36. The van der Waals surface area contributed by atoms with E-state index in [4.69, 9.17) is 0 Å². The van der Waals surface area contributed by atoms with Crippen molar-refractivity contribution in [3.05, 3.63) is 58.6 Å². The summed E-state index contributed by atoms with van der Waals surface area (Å²) in [5.41, 5.74) is 4.31. The van der Waals surface area contributed by atoms with Crippen LogP contribution in [0.25, 0.3) is 0 Å². The number of halogens is 1. The molecule has 1 aromatic carbocycles. The van der Waals surface area contributed by atoms with Gasteiger partial charge in [0.2, 0.25) is 0 Å². The lowest BCUT2D eigenvalue weighted by atomic mass is 10.1. The van der Waals surface area contributed by atoms with Crippen LogP contribution in [0.4, 0.5) is 0 Å². The fraction of sp³-hybridized carbons (Fsp3) is 0.0769. The monoisotopic (exact) mass is 318 g/mol. The van der Waals surface area contributed by atoms with Crippen molar-refractivity contribution >= 4 is 27.5 Å². The normalized spacial score (nSPS) is 11.2. The summed E-state index contributed by atoms with van der Waals surface area (Å²) in [6.45, 7) is 1.82. The second-order valence-electron chi connectivity index (χ2n) is 3.74. The lowest BCUT2D eigenvalue weighted by Crippen LogP contribution is -2.20. The minimum Gasteiger partial charge on any atom is -0.265 e. The molecule has 96 valence electrons. The number of carbonyl (C=O) groups excluding carboxylic acids is 1. The van der Waals surface area contributed by atoms with E-state index >= 15 is 0 Å². The Morgan fingerprint density at radius 2 is 2.21 bits per heavy atom. The molecule has 0 aliphatic rings. The van der Waals surface area contributed by atoms with Crippen LogP contribution < -0.4 is 5.43 Å². The van der Waals surface area contributed by atoms with Crippen LogP contribution in [0.1, 0.15) is 23.0 Å². The minimum absolute atomic E-state index is 0.230. The number of rotatable bonds is 3. The van der Waals surface area contributed by atoms with Crippen LogP contribution in [0.5, 0.6) is 0 Å². The SMILES string of the molecule is CC(=NNC(=O)c1cnccn1)c1cccc(Br)c1. The Morgan fingerprint density at radius 1 is 1.37 bits per heavy atom. The fourth-order valence-electron chi connectivity index (χ4n) is 1.39. The van der Waals surface area contributed by atoms with Crippen molar-refractivity contribution in [2.24, 2.45) is 5.10 Å². The van der Waals surface area contributed by atoms with Crippen LogP contribution in [0.3, 0.4) is 0 Å². The zero-order valence-corrected chi connectivity index (χ0v) is 11.8. The summed E-state index contributed by atoms with van der Waals surface area (Å²) in [6.07, 6.45) is 4.35. The number of carbonyl (C=O) groups is 1. The smallest absolute Gasteiger partial charge is 0.265 e. The molecule has 0 aliphatic carbocycles. The molecule has 5 nitrogen and oxygen atoms in total. The van der Waals surface area contributed by atoms with Crippen molar-refractivity contribution < 1.29 is 4.79 Å². The Morgan fingerprint density at radius 3 is 2.89 bits per heavy atom. The first-order valence-electron chi connectivity index (χ1n) is 5.53. The van der Waals surface area contributed by atoms with Gasteiger partial charge < -0.3 is 0 Å². The molecule has 0 unspecified atom stereocenters. The van der Waals surface area contributed by atoms with E-state index in [-0.39, 0.29) is 11.6 Å². The highest BCUT2D eigenvalue weighted by Crippen LogP contribution is 2.12. The molecule has 1 amide bonds. The first-order valence-corrected chi connectivity index (χ1v) is 6.32. The molecule has 19 heavy (non-hydrogen) atoms. The van der Waals surface area contributed by atoms with Crippen LogP contribution in [-0.4, -0.2) is 21.6 Å². The van der Waals surface area contributed by atoms with Crippen LogP contribution in [0.15, 0.2) is 52.4 Å². The summed E-state index contributed by atoms with van der Waals surface area (Å²) in [4.78, 5) is 19.4. The van der Waals surface area contributed by atoms with Gasteiger partial charge in [0.25, 0.3) is 5.91 Å². The summed E-state index contributed by atoms with van der Waals surface area (Å²) in [5.74, 6) is -0.387. The van der Waals surface area contributed by atoms with Crippen molar-refractivity contribution in [1.82, 2.24) is 15.4 Å². The maximum Gasteiger partial charge on any atom is 0.291 e. The number of benzene rings is 1. The molecule has 2 rings (SSSR count). The molecular formula is C13H11BrN4O. The van der Waals surface area contributed by atoms with Gasteiger partial charge in [-0.15, -0.1) is 0 Å². The van der Waals surface area contributed by atoms with Gasteiger partial charge in [-0.25, -0.2) is 10.4 Å². The number of hydrazone groups is 1. The van der Waals surface area contributed by atoms with Crippen molar-refractivity contribution in [3.63, 3.8) is 0 Å². The van der Waals surface area contributed by atoms with Gasteiger partial charge in [-0.05, 0) is 24.6 Å². The number of nitrogens with zero attached hydrogens (tertiary/aromatic N) is 3. The maximum atomic E-state index is 11.7. The molecule has 6 heteroatoms. The first-order chi connectivity index (χ1) is 9.16. The van der Waals surface area contributed by atoms with E-state index in [0.717, 1.165) is 10.0 Å². The van der Waals surface area contributed by atoms with E-state index < -0.39 is 0 Å². The predicted octanol–water partition coefficient (Wildman–Crippen LogP) is 2.39. The number of hydrogen-bond acceptors (Lipinski definition) is 4. The van der Waals surface area contributed by atoms with Gasteiger partial charge in [-0.2, -0.15) is 5.10 Å². The largest absolute Gasteiger partial charge is 0.291 e. The summed E-state index contributed by atoms with van der Waals surface area (Å²) in [5, 5.41) is 4.04. The zero-order valence-electron chi connectivity index (χ0n) is 10.2. The second-order valence-corrected chi connectivity index (χ2v) is 4.65. The molecule has 0 spiro atoms. The predicted molar refractivity (Wildman–Crippen MR) is 75.9 cm³/mol. The summed E-state index contributed by atoms with van der Waals surface area (Å²) < 4.78 is 0.958. The van der Waals surface area contributed by atoms with Gasteiger partial charge in [-0.1, -0.05) is 28.1 Å². The van der Waals surface area contributed by atoms with E-state index in [0.29, 0.717) is 5.71 Å². The van der Waals surface area contributed by atoms with E-state index in [2.05, 4.69) is 36.4 Å². The highest BCUT2D eigenvalue weighted by molar-refractivity contribution is 9.10. The fourth-order valence-corrected chi connectivity index (χ4v) is 1.79. The average molecular weight is 319 g/mol. The van der Waals surface area contributed by atoms with E-state index in [9.17, 15) is 4.79 Å². The first kappa shape index (κ1) is 13.4. The number of nitrogens with one attached hydrogen (secondary N) is 1. The van der Waals surface area contributed by atoms with E-state index in [1.54, 1.807) is 0 Å². The molecular weight excluding hydrogens is 308 g/mol. The molecule has 2 aromatic rings. The Kier molecular flexibility index (Phi) is 4.35. The molecule has 0 bridgehead atoms. The lowest BCUT2D eigenvalue weighted by Gasteiger charge is -2.02. The molecule has 1 aromatic heterocycles. The van der Waals surface area contributed by atoms with Gasteiger partial charge >= 0.3 is 0 Å². The molecule has 0 aliphatic heterocycles. The van der Waals surface area contributed by atoms with Crippen LogP contribution in [0.2, 0.25) is 0 Å². The quantitative estimate of drug-likeness (QED) is 0.698. The Bertz CT molecular complexity index is 613. The number of amides is 1.